The summed E-state index contributed by atoms with van der Waals surface area (Å²) in [4.78, 5) is 26.2. The number of ketones is 1. The van der Waals surface area contributed by atoms with Crippen molar-refractivity contribution < 1.29 is 18.7 Å². The number of halogens is 2. The number of piperidine rings is 1. The van der Waals surface area contributed by atoms with Crippen LogP contribution in [0, 0.1) is 5.82 Å². The van der Waals surface area contributed by atoms with Crippen LogP contribution in [0.15, 0.2) is 22.7 Å². The van der Waals surface area contributed by atoms with Crippen molar-refractivity contribution in [2.24, 2.45) is 0 Å². The molecule has 0 N–H and O–H groups in total. The van der Waals surface area contributed by atoms with Gasteiger partial charge in [0.1, 0.15) is 11.4 Å². The number of Topliss-reactive ketones (excluding diaryl/α,β-unsaturated/α-hetero) is 1. The van der Waals surface area contributed by atoms with Gasteiger partial charge in [-0.2, -0.15) is 0 Å². The Kier molecular flexibility index (Phi) is 5.45. The predicted molar refractivity (Wildman–Crippen MR) is 88.8 cm³/mol. The first-order chi connectivity index (χ1) is 10.7. The standard InChI is InChI=1S/C17H21BrFNO3/c1-17(2,3)23-16(22)20-8-4-5-15(21)14(20)10-11-6-7-13(19)12(18)9-11/h6-7,9,14H,4-5,8,10H2,1-3H3. The second-order valence-corrected chi connectivity index (χ2v) is 7.57. The van der Waals surface area contributed by atoms with Gasteiger partial charge in [-0.25, -0.2) is 9.18 Å². The highest BCUT2D eigenvalue weighted by atomic mass is 79.9. The minimum Gasteiger partial charge on any atom is -0.444 e. The van der Waals surface area contributed by atoms with Crippen LogP contribution in [-0.2, 0) is 16.0 Å². The smallest absolute Gasteiger partial charge is 0.410 e. The Balaban J connectivity index is 2.18. The molecule has 1 saturated heterocycles. The molecule has 1 aromatic carbocycles. The minimum atomic E-state index is -0.610. The maximum Gasteiger partial charge on any atom is 0.410 e. The fraction of sp³-hybridized carbons (Fsp3) is 0.529. The molecule has 0 aliphatic carbocycles. The number of likely N-dealkylation sites (tertiary alicyclic amines) is 1. The number of hydrogen-bond acceptors (Lipinski definition) is 3. The van der Waals surface area contributed by atoms with Crippen LogP contribution in [0.4, 0.5) is 9.18 Å². The average molecular weight is 386 g/mol. The molecule has 126 valence electrons. The molecule has 0 aromatic heterocycles. The number of hydrogen-bond donors (Lipinski definition) is 0. The lowest BCUT2D eigenvalue weighted by molar-refractivity contribution is -0.126. The lowest BCUT2D eigenvalue weighted by Crippen LogP contribution is -2.51. The monoisotopic (exact) mass is 385 g/mol. The molecule has 23 heavy (non-hydrogen) atoms. The number of carbonyl (C=O) groups excluding carboxylic acids is 2. The van der Waals surface area contributed by atoms with Gasteiger partial charge in [0.25, 0.3) is 0 Å². The van der Waals surface area contributed by atoms with Crippen molar-refractivity contribution in [3.05, 3.63) is 34.1 Å². The van der Waals surface area contributed by atoms with Crippen molar-refractivity contribution >= 4 is 27.8 Å². The molecular weight excluding hydrogens is 365 g/mol. The van der Waals surface area contributed by atoms with E-state index in [1.54, 1.807) is 32.9 Å². The van der Waals surface area contributed by atoms with Crippen molar-refractivity contribution in [2.75, 3.05) is 6.54 Å². The van der Waals surface area contributed by atoms with E-state index < -0.39 is 17.7 Å². The SMILES string of the molecule is CC(C)(C)OC(=O)N1CCCC(=O)C1Cc1ccc(F)c(Br)c1. The third kappa shape index (κ3) is 4.77. The van der Waals surface area contributed by atoms with Crippen molar-refractivity contribution in [1.82, 2.24) is 4.90 Å². The Hall–Kier alpha value is -1.43. The Morgan fingerprint density at radius 2 is 2.13 bits per heavy atom. The van der Waals surface area contributed by atoms with Gasteiger partial charge in [0.05, 0.1) is 10.5 Å². The molecule has 1 fully saturated rings. The fourth-order valence-corrected chi connectivity index (χ4v) is 3.00. The van der Waals surface area contributed by atoms with Crippen LogP contribution in [0.1, 0.15) is 39.2 Å². The van der Waals surface area contributed by atoms with Crippen LogP contribution >= 0.6 is 15.9 Å². The lowest BCUT2D eigenvalue weighted by Gasteiger charge is -2.35. The zero-order chi connectivity index (χ0) is 17.2. The Bertz CT molecular complexity index is 612. The van der Waals surface area contributed by atoms with E-state index in [-0.39, 0.29) is 11.6 Å². The number of carbonyl (C=O) groups is 2. The summed E-state index contributed by atoms with van der Waals surface area (Å²) in [5.41, 5.74) is 0.188. The molecule has 0 spiro atoms. The summed E-state index contributed by atoms with van der Waals surface area (Å²) in [6, 6.07) is 4.07. The van der Waals surface area contributed by atoms with Gasteiger partial charge in [0, 0.05) is 19.4 Å². The normalized spacial score (nSPS) is 18.9. The van der Waals surface area contributed by atoms with Crippen LogP contribution in [-0.4, -0.2) is 35.0 Å². The Morgan fingerprint density at radius 1 is 1.43 bits per heavy atom. The van der Waals surface area contributed by atoms with Crippen LogP contribution in [0.3, 0.4) is 0 Å². The van der Waals surface area contributed by atoms with Crippen LogP contribution in [0.5, 0.6) is 0 Å². The highest BCUT2D eigenvalue weighted by Gasteiger charge is 2.35. The topological polar surface area (TPSA) is 46.6 Å². The lowest BCUT2D eigenvalue weighted by atomic mass is 9.95. The highest BCUT2D eigenvalue weighted by Crippen LogP contribution is 2.23. The van der Waals surface area contributed by atoms with Gasteiger partial charge in [-0.15, -0.1) is 0 Å². The summed E-state index contributed by atoms with van der Waals surface area (Å²) >= 11 is 3.14. The van der Waals surface area contributed by atoms with Gasteiger partial charge in [-0.3, -0.25) is 9.69 Å². The molecule has 2 rings (SSSR count). The molecule has 1 aliphatic heterocycles. The van der Waals surface area contributed by atoms with Gasteiger partial charge in [-0.1, -0.05) is 6.07 Å². The first kappa shape index (κ1) is 17.9. The molecule has 1 unspecified atom stereocenters. The third-order valence-electron chi connectivity index (χ3n) is 3.61. The zero-order valence-electron chi connectivity index (χ0n) is 13.6. The first-order valence-corrected chi connectivity index (χ1v) is 8.43. The molecular formula is C17H21BrFNO3. The molecule has 4 nitrogen and oxygen atoms in total. The largest absolute Gasteiger partial charge is 0.444 e. The summed E-state index contributed by atoms with van der Waals surface area (Å²) < 4.78 is 19.1. The van der Waals surface area contributed by atoms with Gasteiger partial charge in [-0.05, 0) is 60.8 Å². The summed E-state index contributed by atoms with van der Waals surface area (Å²) in [6.07, 6.45) is 0.974. The molecule has 1 aliphatic rings. The molecule has 0 radical (unpaired) electrons. The quantitative estimate of drug-likeness (QED) is 0.769. The predicted octanol–water partition coefficient (Wildman–Crippen LogP) is 4.10. The van der Waals surface area contributed by atoms with Gasteiger partial charge in [0.2, 0.25) is 0 Å². The fourth-order valence-electron chi connectivity index (χ4n) is 2.57. The van der Waals surface area contributed by atoms with Crippen LogP contribution in [0.2, 0.25) is 0 Å². The number of amides is 1. The summed E-state index contributed by atoms with van der Waals surface area (Å²) in [6.45, 7) is 5.88. The van der Waals surface area contributed by atoms with Crippen molar-refractivity contribution in [1.29, 1.82) is 0 Å². The van der Waals surface area contributed by atoms with Crippen molar-refractivity contribution in [3.63, 3.8) is 0 Å². The van der Waals surface area contributed by atoms with E-state index >= 15 is 0 Å². The van der Waals surface area contributed by atoms with E-state index in [2.05, 4.69) is 15.9 Å². The molecule has 0 saturated carbocycles. The van der Waals surface area contributed by atoms with Crippen molar-refractivity contribution in [3.8, 4) is 0 Å². The zero-order valence-corrected chi connectivity index (χ0v) is 15.2. The maximum atomic E-state index is 13.3. The second kappa shape index (κ2) is 6.99. The van der Waals surface area contributed by atoms with E-state index in [9.17, 15) is 14.0 Å². The Morgan fingerprint density at radius 3 is 2.74 bits per heavy atom. The van der Waals surface area contributed by atoms with Crippen molar-refractivity contribution in [2.45, 2.75) is 51.7 Å². The second-order valence-electron chi connectivity index (χ2n) is 6.71. The van der Waals surface area contributed by atoms with Crippen LogP contribution < -0.4 is 0 Å². The van der Waals surface area contributed by atoms with Gasteiger partial charge < -0.3 is 4.74 Å². The Labute approximate surface area is 144 Å². The molecule has 6 heteroatoms. The van der Waals surface area contributed by atoms with E-state index in [4.69, 9.17) is 4.74 Å². The van der Waals surface area contributed by atoms with E-state index in [1.165, 1.54) is 11.0 Å². The number of rotatable bonds is 2. The van der Waals surface area contributed by atoms with Gasteiger partial charge in [0.15, 0.2) is 5.78 Å². The first-order valence-electron chi connectivity index (χ1n) is 7.63. The van der Waals surface area contributed by atoms with Crippen LogP contribution in [0.25, 0.3) is 0 Å². The average Bonchev–Trinajstić information content (AvgIpc) is 2.43. The molecule has 1 aromatic rings. The molecule has 0 bridgehead atoms. The summed E-state index contributed by atoms with van der Waals surface area (Å²) in [5, 5.41) is 0. The summed E-state index contributed by atoms with van der Waals surface area (Å²) in [5.74, 6) is -0.338. The molecule has 1 heterocycles. The number of nitrogens with zero attached hydrogens (tertiary/aromatic N) is 1. The number of ether oxygens (including phenoxy) is 1. The minimum absolute atomic E-state index is 0.0163. The highest BCUT2D eigenvalue weighted by molar-refractivity contribution is 9.10. The summed E-state index contributed by atoms with van der Waals surface area (Å²) in [7, 11) is 0. The number of benzene rings is 1. The van der Waals surface area contributed by atoms with E-state index in [0.29, 0.717) is 30.3 Å². The third-order valence-corrected chi connectivity index (χ3v) is 4.22. The molecule has 1 atom stereocenters. The molecule has 1 amide bonds. The van der Waals surface area contributed by atoms with E-state index in [0.717, 1.165) is 5.56 Å². The van der Waals surface area contributed by atoms with E-state index in [1.807, 2.05) is 0 Å². The van der Waals surface area contributed by atoms with Gasteiger partial charge >= 0.3 is 6.09 Å². The maximum absolute atomic E-state index is 13.3.